The number of nitrogens with one attached hydrogen (secondary N) is 2. The fourth-order valence-electron chi connectivity index (χ4n) is 2.51. The highest BCUT2D eigenvalue weighted by atomic mass is 16.4. The Bertz CT molecular complexity index is 824. The summed E-state index contributed by atoms with van der Waals surface area (Å²) in [5.41, 5.74) is 1.53. The molecule has 2 amide bonds. The van der Waals surface area contributed by atoms with E-state index < -0.39 is 17.9 Å². The lowest BCUT2D eigenvalue weighted by Crippen LogP contribution is -2.42. The summed E-state index contributed by atoms with van der Waals surface area (Å²) in [6, 6.07) is 14.2. The number of rotatable bonds is 7. The van der Waals surface area contributed by atoms with Gasteiger partial charge in [-0.15, -0.1) is 0 Å². The van der Waals surface area contributed by atoms with E-state index in [1.165, 1.54) is 12.1 Å². The summed E-state index contributed by atoms with van der Waals surface area (Å²) in [7, 11) is 0. The van der Waals surface area contributed by atoms with Gasteiger partial charge < -0.3 is 15.7 Å². The van der Waals surface area contributed by atoms with Crippen LogP contribution < -0.4 is 10.6 Å². The van der Waals surface area contributed by atoms with Crippen LogP contribution in [0.1, 0.15) is 47.1 Å². The highest BCUT2D eigenvalue weighted by Crippen LogP contribution is 2.12. The van der Waals surface area contributed by atoms with E-state index in [1.807, 2.05) is 51.1 Å². The third-order valence-corrected chi connectivity index (χ3v) is 4.07. The van der Waals surface area contributed by atoms with Gasteiger partial charge in [0.25, 0.3) is 11.8 Å². The number of hydrogen-bond donors (Lipinski definition) is 3. The van der Waals surface area contributed by atoms with Gasteiger partial charge in [0.1, 0.15) is 6.04 Å². The molecule has 0 saturated carbocycles. The molecule has 6 nitrogen and oxygen atoms in total. The maximum atomic E-state index is 12.4. The Morgan fingerprint density at radius 3 is 1.93 bits per heavy atom. The first-order valence-corrected chi connectivity index (χ1v) is 9.11. The summed E-state index contributed by atoms with van der Waals surface area (Å²) in [6.45, 7) is 6.60. The largest absolute Gasteiger partial charge is 0.480 e. The van der Waals surface area contributed by atoms with Gasteiger partial charge in [-0.3, -0.25) is 9.59 Å². The summed E-state index contributed by atoms with van der Waals surface area (Å²) in [4.78, 5) is 36.1. The Morgan fingerprint density at radius 1 is 0.893 bits per heavy atom. The van der Waals surface area contributed by atoms with E-state index in [9.17, 15) is 19.5 Å². The molecule has 0 aliphatic heterocycles. The summed E-state index contributed by atoms with van der Waals surface area (Å²) in [6.07, 6.45) is 0.190. The molecule has 0 bridgehead atoms. The second-order valence-corrected chi connectivity index (χ2v) is 7.87. The van der Waals surface area contributed by atoms with Crippen LogP contribution in [0.25, 0.3) is 0 Å². The fourth-order valence-corrected chi connectivity index (χ4v) is 2.51. The predicted molar refractivity (Wildman–Crippen MR) is 107 cm³/mol. The van der Waals surface area contributed by atoms with Crippen molar-refractivity contribution in [3.05, 3.63) is 71.3 Å². The lowest BCUT2D eigenvalue weighted by molar-refractivity contribution is -0.139. The molecule has 0 heterocycles. The molecular weight excluding hydrogens is 356 g/mol. The van der Waals surface area contributed by atoms with Gasteiger partial charge in [-0.05, 0) is 35.2 Å². The van der Waals surface area contributed by atoms with E-state index in [0.29, 0.717) is 17.7 Å². The zero-order valence-corrected chi connectivity index (χ0v) is 16.4. The SMILES string of the molecule is CC(C)(C)CNC(=O)c1ccc(C(=O)N[C@@H](Cc2ccccc2)C(=O)O)cc1. The molecule has 0 spiro atoms. The number of benzene rings is 2. The van der Waals surface area contributed by atoms with Gasteiger partial charge >= 0.3 is 5.97 Å². The molecule has 0 aliphatic carbocycles. The smallest absolute Gasteiger partial charge is 0.326 e. The summed E-state index contributed by atoms with van der Waals surface area (Å²) < 4.78 is 0. The topological polar surface area (TPSA) is 95.5 Å². The predicted octanol–water partition coefficient (Wildman–Crippen LogP) is 2.89. The minimum atomic E-state index is -1.10. The first-order chi connectivity index (χ1) is 13.2. The quantitative estimate of drug-likeness (QED) is 0.686. The van der Waals surface area contributed by atoms with E-state index in [0.717, 1.165) is 5.56 Å². The van der Waals surface area contributed by atoms with Gasteiger partial charge in [0.05, 0.1) is 0 Å². The molecule has 6 heteroatoms. The van der Waals surface area contributed by atoms with Crippen LogP contribution in [0.15, 0.2) is 54.6 Å². The van der Waals surface area contributed by atoms with Crippen LogP contribution in [0.3, 0.4) is 0 Å². The average Bonchev–Trinajstić information content (AvgIpc) is 2.65. The maximum absolute atomic E-state index is 12.4. The van der Waals surface area contributed by atoms with E-state index in [1.54, 1.807) is 12.1 Å². The molecule has 0 radical (unpaired) electrons. The monoisotopic (exact) mass is 382 g/mol. The Morgan fingerprint density at radius 2 is 1.43 bits per heavy atom. The van der Waals surface area contributed by atoms with Crippen LogP contribution in [-0.2, 0) is 11.2 Å². The average molecular weight is 382 g/mol. The number of carbonyl (C=O) groups is 3. The zero-order valence-electron chi connectivity index (χ0n) is 16.4. The van der Waals surface area contributed by atoms with Crippen molar-refractivity contribution in [1.82, 2.24) is 10.6 Å². The van der Waals surface area contributed by atoms with Gasteiger partial charge in [-0.2, -0.15) is 0 Å². The summed E-state index contributed by atoms with van der Waals surface area (Å²) in [5.74, 6) is -1.81. The second kappa shape index (κ2) is 9.17. The first kappa shape index (κ1) is 21.2. The van der Waals surface area contributed by atoms with Crippen molar-refractivity contribution < 1.29 is 19.5 Å². The number of carboxylic acid groups (broad SMARTS) is 1. The molecule has 2 aromatic rings. The molecule has 1 atom stereocenters. The van der Waals surface area contributed by atoms with Crippen LogP contribution >= 0.6 is 0 Å². The van der Waals surface area contributed by atoms with E-state index >= 15 is 0 Å². The third-order valence-electron chi connectivity index (χ3n) is 4.07. The molecule has 0 saturated heterocycles. The molecule has 0 unspecified atom stereocenters. The molecule has 148 valence electrons. The molecule has 3 N–H and O–H groups in total. The fraction of sp³-hybridized carbons (Fsp3) is 0.318. The standard InChI is InChI=1S/C22H26N2O4/c1-22(2,3)14-23-19(25)16-9-11-17(12-10-16)20(26)24-18(21(27)28)13-15-7-5-4-6-8-15/h4-12,18H,13-14H2,1-3H3,(H,23,25)(H,24,26)(H,27,28)/t18-/m0/s1. The van der Waals surface area contributed by atoms with Crippen LogP contribution in [0, 0.1) is 5.41 Å². The van der Waals surface area contributed by atoms with Crippen molar-refractivity contribution in [2.24, 2.45) is 5.41 Å². The Labute approximate surface area is 165 Å². The molecule has 0 aliphatic rings. The molecule has 2 aromatic carbocycles. The van der Waals surface area contributed by atoms with Gasteiger partial charge in [-0.25, -0.2) is 4.79 Å². The Balaban J connectivity index is 2.01. The van der Waals surface area contributed by atoms with Gasteiger partial charge in [0.2, 0.25) is 0 Å². The van der Waals surface area contributed by atoms with Gasteiger partial charge in [0, 0.05) is 24.1 Å². The maximum Gasteiger partial charge on any atom is 0.326 e. The number of carboxylic acids is 1. The zero-order chi connectivity index (χ0) is 20.7. The highest BCUT2D eigenvalue weighted by molar-refractivity contribution is 5.99. The van der Waals surface area contributed by atoms with Gasteiger partial charge in [0.15, 0.2) is 0 Å². The molecule has 2 rings (SSSR count). The molecule has 0 aromatic heterocycles. The number of carbonyl (C=O) groups excluding carboxylic acids is 2. The molecule has 0 fully saturated rings. The molecular formula is C22H26N2O4. The minimum Gasteiger partial charge on any atom is -0.480 e. The van der Waals surface area contributed by atoms with Crippen LogP contribution in [0.2, 0.25) is 0 Å². The van der Waals surface area contributed by atoms with Crippen molar-refractivity contribution >= 4 is 17.8 Å². The van der Waals surface area contributed by atoms with Crippen molar-refractivity contribution in [3.63, 3.8) is 0 Å². The third kappa shape index (κ3) is 6.54. The number of hydrogen-bond acceptors (Lipinski definition) is 3. The minimum absolute atomic E-state index is 0.0277. The lowest BCUT2D eigenvalue weighted by Gasteiger charge is -2.18. The second-order valence-electron chi connectivity index (χ2n) is 7.87. The highest BCUT2D eigenvalue weighted by Gasteiger charge is 2.21. The Hall–Kier alpha value is -3.15. The first-order valence-electron chi connectivity index (χ1n) is 9.11. The van der Waals surface area contributed by atoms with Gasteiger partial charge in [-0.1, -0.05) is 51.1 Å². The summed E-state index contributed by atoms with van der Waals surface area (Å²) >= 11 is 0. The van der Waals surface area contributed by atoms with Crippen molar-refractivity contribution in [2.45, 2.75) is 33.2 Å². The Kier molecular flexibility index (Phi) is 6.93. The van der Waals surface area contributed by atoms with E-state index in [2.05, 4.69) is 10.6 Å². The lowest BCUT2D eigenvalue weighted by atomic mass is 9.97. The number of aliphatic carboxylic acids is 1. The van der Waals surface area contributed by atoms with Crippen molar-refractivity contribution in [1.29, 1.82) is 0 Å². The summed E-state index contributed by atoms with van der Waals surface area (Å²) in [5, 5.41) is 14.8. The van der Waals surface area contributed by atoms with E-state index in [4.69, 9.17) is 0 Å². The van der Waals surface area contributed by atoms with Crippen LogP contribution in [0.5, 0.6) is 0 Å². The molecule has 28 heavy (non-hydrogen) atoms. The van der Waals surface area contributed by atoms with Crippen LogP contribution in [-0.4, -0.2) is 35.5 Å². The van der Waals surface area contributed by atoms with Crippen molar-refractivity contribution in [2.75, 3.05) is 6.54 Å². The van der Waals surface area contributed by atoms with E-state index in [-0.39, 0.29) is 17.7 Å². The number of amides is 2. The van der Waals surface area contributed by atoms with Crippen molar-refractivity contribution in [3.8, 4) is 0 Å². The normalized spacial score (nSPS) is 12.1. The van der Waals surface area contributed by atoms with Crippen LogP contribution in [0.4, 0.5) is 0 Å².